The minimum absolute atomic E-state index is 0.0567. The second-order valence-corrected chi connectivity index (χ2v) is 7.78. The molecule has 6 nitrogen and oxygen atoms in total. The predicted octanol–water partition coefficient (Wildman–Crippen LogP) is 3.74. The van der Waals surface area contributed by atoms with Gasteiger partial charge in [0, 0.05) is 44.5 Å². The summed E-state index contributed by atoms with van der Waals surface area (Å²) in [6.45, 7) is 4.64. The molecule has 3 rings (SSSR count). The summed E-state index contributed by atoms with van der Waals surface area (Å²) in [5, 5.41) is 6.73. The van der Waals surface area contributed by atoms with Crippen molar-refractivity contribution in [3.05, 3.63) is 59.8 Å². The SMILES string of the molecule is CCNC(=NCc1ccnc(OCC(F)(F)F)c1)NC1CCN(Cc2ccccc2)CC1. The molecule has 9 heteroatoms. The normalized spacial score (nSPS) is 16.1. The van der Waals surface area contributed by atoms with E-state index in [1.807, 2.05) is 13.0 Å². The van der Waals surface area contributed by atoms with Crippen molar-refractivity contribution in [2.45, 2.75) is 45.1 Å². The lowest BCUT2D eigenvalue weighted by Crippen LogP contribution is -2.48. The van der Waals surface area contributed by atoms with Crippen molar-refractivity contribution in [3.63, 3.8) is 0 Å². The summed E-state index contributed by atoms with van der Waals surface area (Å²) < 4.78 is 41.7. The van der Waals surface area contributed by atoms with Gasteiger partial charge < -0.3 is 15.4 Å². The van der Waals surface area contributed by atoms with E-state index in [9.17, 15) is 13.2 Å². The fourth-order valence-electron chi connectivity index (χ4n) is 3.54. The highest BCUT2D eigenvalue weighted by atomic mass is 19.4. The number of benzene rings is 1. The zero-order chi connectivity index (χ0) is 22.8. The minimum Gasteiger partial charge on any atom is -0.468 e. The molecule has 0 aliphatic carbocycles. The van der Waals surface area contributed by atoms with Crippen molar-refractivity contribution >= 4 is 5.96 Å². The number of alkyl halides is 3. The first kappa shape index (κ1) is 23.8. The van der Waals surface area contributed by atoms with Crippen molar-refractivity contribution in [3.8, 4) is 5.88 Å². The number of nitrogens with one attached hydrogen (secondary N) is 2. The second-order valence-electron chi connectivity index (χ2n) is 7.78. The second kappa shape index (κ2) is 11.7. The lowest BCUT2D eigenvalue weighted by molar-refractivity contribution is -0.154. The van der Waals surface area contributed by atoms with Crippen LogP contribution >= 0.6 is 0 Å². The third kappa shape index (κ3) is 8.37. The molecule has 2 heterocycles. The van der Waals surface area contributed by atoms with E-state index in [0.29, 0.717) is 18.5 Å². The topological polar surface area (TPSA) is 61.8 Å². The van der Waals surface area contributed by atoms with Crippen LogP contribution in [0.4, 0.5) is 13.2 Å². The minimum atomic E-state index is -4.39. The molecule has 2 aromatic rings. The van der Waals surface area contributed by atoms with E-state index < -0.39 is 12.8 Å². The Bertz CT molecular complexity index is 852. The fourth-order valence-corrected chi connectivity index (χ4v) is 3.54. The number of rotatable bonds is 8. The third-order valence-electron chi connectivity index (χ3n) is 5.12. The van der Waals surface area contributed by atoms with Gasteiger partial charge >= 0.3 is 6.18 Å². The molecule has 1 fully saturated rings. The monoisotopic (exact) mass is 449 g/mol. The summed E-state index contributed by atoms with van der Waals surface area (Å²) in [6, 6.07) is 14.0. The molecule has 0 unspecified atom stereocenters. The lowest BCUT2D eigenvalue weighted by atomic mass is 10.0. The average Bonchev–Trinajstić information content (AvgIpc) is 2.78. The first-order valence-electron chi connectivity index (χ1n) is 10.9. The van der Waals surface area contributed by atoms with E-state index in [1.165, 1.54) is 17.8 Å². The summed E-state index contributed by atoms with van der Waals surface area (Å²) in [5.41, 5.74) is 2.05. The van der Waals surface area contributed by atoms with Gasteiger partial charge in [-0.3, -0.25) is 4.90 Å². The highest BCUT2D eigenvalue weighted by Crippen LogP contribution is 2.18. The Morgan fingerprint density at radius 2 is 1.91 bits per heavy atom. The molecule has 1 aromatic carbocycles. The van der Waals surface area contributed by atoms with E-state index in [0.717, 1.165) is 44.6 Å². The Morgan fingerprint density at radius 1 is 1.16 bits per heavy atom. The summed E-state index contributed by atoms with van der Waals surface area (Å²) in [4.78, 5) is 10.9. The maximum absolute atomic E-state index is 12.3. The van der Waals surface area contributed by atoms with E-state index >= 15 is 0 Å². The van der Waals surface area contributed by atoms with Crippen LogP contribution in [0.3, 0.4) is 0 Å². The van der Waals surface area contributed by atoms with Gasteiger partial charge in [-0.05, 0) is 37.0 Å². The number of aliphatic imine (C=N–C) groups is 1. The number of hydrogen-bond acceptors (Lipinski definition) is 4. The van der Waals surface area contributed by atoms with Crippen molar-refractivity contribution in [1.82, 2.24) is 20.5 Å². The van der Waals surface area contributed by atoms with E-state index in [-0.39, 0.29) is 5.88 Å². The van der Waals surface area contributed by atoms with Crippen LogP contribution in [-0.4, -0.2) is 54.3 Å². The standard InChI is InChI=1S/C23H30F3N5O/c1-2-27-22(29-15-19-8-11-28-21(14-19)32-17-23(24,25)26)30-20-9-12-31(13-10-20)16-18-6-4-3-5-7-18/h3-8,11,14,20H,2,9-10,12-13,15-17H2,1H3,(H2,27,29,30). The third-order valence-corrected chi connectivity index (χ3v) is 5.12. The van der Waals surface area contributed by atoms with Gasteiger partial charge in [0.05, 0.1) is 6.54 Å². The van der Waals surface area contributed by atoms with Gasteiger partial charge in [-0.2, -0.15) is 13.2 Å². The zero-order valence-corrected chi connectivity index (χ0v) is 18.2. The number of nitrogens with zero attached hydrogens (tertiary/aromatic N) is 3. The molecule has 0 atom stereocenters. The van der Waals surface area contributed by atoms with Gasteiger partial charge in [-0.15, -0.1) is 0 Å². The van der Waals surface area contributed by atoms with Gasteiger partial charge in [-0.25, -0.2) is 9.98 Å². The molecule has 1 saturated heterocycles. The Hall–Kier alpha value is -2.81. The van der Waals surface area contributed by atoms with Gasteiger partial charge in [0.1, 0.15) is 0 Å². The van der Waals surface area contributed by atoms with Crippen molar-refractivity contribution in [2.24, 2.45) is 4.99 Å². The van der Waals surface area contributed by atoms with E-state index in [1.54, 1.807) is 6.07 Å². The number of piperidine rings is 1. The van der Waals surface area contributed by atoms with E-state index in [4.69, 9.17) is 4.74 Å². The Balaban J connectivity index is 1.50. The van der Waals surface area contributed by atoms with Crippen LogP contribution in [0.25, 0.3) is 0 Å². The van der Waals surface area contributed by atoms with Crippen molar-refractivity contribution in [2.75, 3.05) is 26.2 Å². The molecular formula is C23H30F3N5O. The lowest BCUT2D eigenvalue weighted by Gasteiger charge is -2.33. The average molecular weight is 450 g/mol. The number of hydrogen-bond donors (Lipinski definition) is 2. The van der Waals surface area contributed by atoms with Crippen LogP contribution in [0.1, 0.15) is 30.9 Å². The Labute approximate surface area is 186 Å². The highest BCUT2D eigenvalue weighted by molar-refractivity contribution is 5.80. The maximum atomic E-state index is 12.3. The number of pyridine rings is 1. The molecule has 1 aromatic heterocycles. The number of halogens is 3. The van der Waals surface area contributed by atoms with Gasteiger partial charge in [0.2, 0.25) is 5.88 Å². The Morgan fingerprint density at radius 3 is 2.59 bits per heavy atom. The first-order chi connectivity index (χ1) is 15.4. The molecule has 32 heavy (non-hydrogen) atoms. The number of ether oxygens (including phenoxy) is 1. The molecule has 0 amide bonds. The summed E-state index contributed by atoms with van der Waals surface area (Å²) in [7, 11) is 0. The van der Waals surface area contributed by atoms with Crippen molar-refractivity contribution < 1.29 is 17.9 Å². The summed E-state index contributed by atoms with van der Waals surface area (Å²) >= 11 is 0. The Kier molecular flexibility index (Phi) is 8.72. The zero-order valence-electron chi connectivity index (χ0n) is 18.2. The summed E-state index contributed by atoms with van der Waals surface area (Å²) in [6.07, 6.45) is -0.933. The molecule has 0 spiro atoms. The van der Waals surface area contributed by atoms with Crippen LogP contribution in [0.2, 0.25) is 0 Å². The quantitative estimate of drug-likeness (QED) is 0.475. The molecular weight excluding hydrogens is 419 g/mol. The van der Waals surface area contributed by atoms with Crippen LogP contribution in [0, 0.1) is 0 Å². The number of aromatic nitrogens is 1. The molecule has 0 bridgehead atoms. The maximum Gasteiger partial charge on any atom is 0.422 e. The van der Waals surface area contributed by atoms with Gasteiger partial charge in [0.25, 0.3) is 0 Å². The van der Waals surface area contributed by atoms with Gasteiger partial charge in [-0.1, -0.05) is 30.3 Å². The van der Waals surface area contributed by atoms with Crippen LogP contribution in [0.5, 0.6) is 5.88 Å². The number of likely N-dealkylation sites (tertiary alicyclic amines) is 1. The molecule has 1 aliphatic heterocycles. The largest absolute Gasteiger partial charge is 0.468 e. The molecule has 174 valence electrons. The highest BCUT2D eigenvalue weighted by Gasteiger charge is 2.28. The van der Waals surface area contributed by atoms with Crippen molar-refractivity contribution in [1.29, 1.82) is 0 Å². The molecule has 0 radical (unpaired) electrons. The van der Waals surface area contributed by atoms with E-state index in [2.05, 4.69) is 49.8 Å². The molecule has 0 saturated carbocycles. The van der Waals surface area contributed by atoms with Gasteiger partial charge in [0.15, 0.2) is 12.6 Å². The predicted molar refractivity (Wildman–Crippen MR) is 118 cm³/mol. The molecule has 1 aliphatic rings. The smallest absolute Gasteiger partial charge is 0.422 e. The number of guanidine groups is 1. The fraction of sp³-hybridized carbons (Fsp3) is 0.478. The molecule has 2 N–H and O–H groups in total. The van der Waals surface area contributed by atoms with Crippen LogP contribution in [0.15, 0.2) is 53.7 Å². The summed E-state index contributed by atoms with van der Waals surface area (Å²) in [5.74, 6) is 0.641. The first-order valence-corrected chi connectivity index (χ1v) is 10.9. The van der Waals surface area contributed by atoms with Crippen LogP contribution < -0.4 is 15.4 Å². The van der Waals surface area contributed by atoms with Crippen LogP contribution in [-0.2, 0) is 13.1 Å².